The van der Waals surface area contributed by atoms with Crippen molar-refractivity contribution < 1.29 is 9.84 Å². The maximum absolute atomic E-state index is 10.2. The minimum absolute atomic E-state index is 0.338. The zero-order valence-corrected chi connectivity index (χ0v) is 12.7. The first kappa shape index (κ1) is 15.0. The summed E-state index contributed by atoms with van der Waals surface area (Å²) >= 11 is 1.72. The van der Waals surface area contributed by atoms with E-state index in [4.69, 9.17) is 4.74 Å². The van der Waals surface area contributed by atoms with Crippen molar-refractivity contribution in [3.8, 4) is 5.75 Å². The number of aliphatic hydroxyl groups is 1. The van der Waals surface area contributed by atoms with Gasteiger partial charge >= 0.3 is 0 Å². The zero-order chi connectivity index (χ0) is 14.4. The lowest BCUT2D eigenvalue weighted by Crippen LogP contribution is -2.31. The highest BCUT2D eigenvalue weighted by Gasteiger charge is 2.10. The maximum atomic E-state index is 10.2. The lowest BCUT2D eigenvalue weighted by molar-refractivity contribution is 0.170. The van der Waals surface area contributed by atoms with Gasteiger partial charge in [0.05, 0.1) is 13.2 Å². The van der Waals surface area contributed by atoms with Gasteiger partial charge in [-0.1, -0.05) is 12.1 Å². The quantitative estimate of drug-likeness (QED) is 0.824. The molecule has 20 heavy (non-hydrogen) atoms. The third-order valence-electron chi connectivity index (χ3n) is 3.26. The molecule has 108 valence electrons. The standard InChI is InChI=1S/C16H21NO2S/c1-12(8-13-6-7-20-11-13)17-10-16(18)14-4-3-5-15(9-14)19-2/h3-7,9,11-12,16-18H,8,10H2,1-2H3. The van der Waals surface area contributed by atoms with Crippen LogP contribution in [0.25, 0.3) is 0 Å². The van der Waals surface area contributed by atoms with Gasteiger partial charge in [0, 0.05) is 12.6 Å². The van der Waals surface area contributed by atoms with E-state index in [9.17, 15) is 5.11 Å². The van der Waals surface area contributed by atoms with E-state index in [1.54, 1.807) is 18.4 Å². The Hall–Kier alpha value is -1.36. The molecule has 0 aliphatic rings. The number of thiophene rings is 1. The summed E-state index contributed by atoms with van der Waals surface area (Å²) < 4.78 is 5.17. The summed E-state index contributed by atoms with van der Waals surface area (Å²) in [5.41, 5.74) is 2.21. The van der Waals surface area contributed by atoms with E-state index in [-0.39, 0.29) is 0 Å². The molecule has 0 saturated heterocycles. The van der Waals surface area contributed by atoms with Crippen molar-refractivity contribution in [1.82, 2.24) is 5.32 Å². The Morgan fingerprint density at radius 3 is 2.90 bits per heavy atom. The average molecular weight is 291 g/mol. The summed E-state index contributed by atoms with van der Waals surface area (Å²) in [6.45, 7) is 2.68. The summed E-state index contributed by atoms with van der Waals surface area (Å²) in [5.74, 6) is 0.771. The van der Waals surface area contributed by atoms with Crippen molar-refractivity contribution in [2.45, 2.75) is 25.5 Å². The van der Waals surface area contributed by atoms with Crippen LogP contribution in [0.4, 0.5) is 0 Å². The monoisotopic (exact) mass is 291 g/mol. The normalized spacial score (nSPS) is 13.9. The van der Waals surface area contributed by atoms with Crippen LogP contribution in [0.3, 0.4) is 0 Å². The fraction of sp³-hybridized carbons (Fsp3) is 0.375. The molecule has 0 amide bonds. The predicted molar refractivity (Wildman–Crippen MR) is 83.4 cm³/mol. The first-order valence-corrected chi connectivity index (χ1v) is 7.70. The summed E-state index contributed by atoms with van der Waals surface area (Å²) in [5, 5.41) is 17.8. The van der Waals surface area contributed by atoms with Gasteiger partial charge in [-0.3, -0.25) is 0 Å². The molecule has 0 bridgehead atoms. The number of benzene rings is 1. The van der Waals surface area contributed by atoms with Crippen molar-refractivity contribution in [2.24, 2.45) is 0 Å². The third kappa shape index (κ3) is 4.34. The van der Waals surface area contributed by atoms with Crippen molar-refractivity contribution >= 4 is 11.3 Å². The van der Waals surface area contributed by atoms with Crippen molar-refractivity contribution in [1.29, 1.82) is 0 Å². The molecule has 3 nitrogen and oxygen atoms in total. The largest absolute Gasteiger partial charge is 0.497 e. The minimum Gasteiger partial charge on any atom is -0.497 e. The molecular formula is C16H21NO2S. The van der Waals surface area contributed by atoms with Gasteiger partial charge in [0.1, 0.15) is 5.75 Å². The van der Waals surface area contributed by atoms with Gasteiger partial charge < -0.3 is 15.2 Å². The Balaban J connectivity index is 1.83. The molecule has 1 aromatic carbocycles. The van der Waals surface area contributed by atoms with Crippen LogP contribution >= 0.6 is 11.3 Å². The molecule has 0 spiro atoms. The van der Waals surface area contributed by atoms with Crippen LogP contribution in [0, 0.1) is 0 Å². The van der Waals surface area contributed by atoms with E-state index in [1.165, 1.54) is 5.56 Å². The van der Waals surface area contributed by atoms with E-state index in [1.807, 2.05) is 24.3 Å². The molecule has 2 rings (SSSR count). The number of rotatable bonds is 7. The molecule has 0 fully saturated rings. The fourth-order valence-corrected chi connectivity index (χ4v) is 2.80. The Morgan fingerprint density at radius 2 is 2.20 bits per heavy atom. The van der Waals surface area contributed by atoms with Crippen LogP contribution in [0.2, 0.25) is 0 Å². The summed E-state index contributed by atoms with van der Waals surface area (Å²) in [7, 11) is 1.63. The second kappa shape index (κ2) is 7.43. The molecule has 0 radical (unpaired) electrons. The second-order valence-corrected chi connectivity index (χ2v) is 5.72. The van der Waals surface area contributed by atoms with Crippen LogP contribution in [0.5, 0.6) is 5.75 Å². The first-order chi connectivity index (χ1) is 9.69. The third-order valence-corrected chi connectivity index (χ3v) is 3.99. The molecule has 0 aliphatic carbocycles. The van der Waals surface area contributed by atoms with E-state index in [2.05, 4.69) is 29.1 Å². The van der Waals surface area contributed by atoms with Gasteiger partial charge in [-0.25, -0.2) is 0 Å². The number of ether oxygens (including phenoxy) is 1. The number of nitrogens with one attached hydrogen (secondary N) is 1. The highest BCUT2D eigenvalue weighted by Crippen LogP contribution is 2.18. The van der Waals surface area contributed by atoms with Crippen molar-refractivity contribution in [2.75, 3.05) is 13.7 Å². The van der Waals surface area contributed by atoms with Crippen LogP contribution in [-0.4, -0.2) is 24.8 Å². The summed E-state index contributed by atoms with van der Waals surface area (Å²) in [6, 6.07) is 10.0. The molecule has 2 N–H and O–H groups in total. The minimum atomic E-state index is -0.518. The molecule has 1 heterocycles. The van der Waals surface area contributed by atoms with Gasteiger partial charge in [0.25, 0.3) is 0 Å². The molecule has 2 aromatic rings. The summed E-state index contributed by atoms with van der Waals surface area (Å²) in [6.07, 6.45) is 0.462. The van der Waals surface area contributed by atoms with E-state index in [0.29, 0.717) is 12.6 Å². The van der Waals surface area contributed by atoms with Crippen LogP contribution < -0.4 is 10.1 Å². The van der Waals surface area contributed by atoms with Crippen molar-refractivity contribution in [3.05, 3.63) is 52.2 Å². The van der Waals surface area contributed by atoms with Gasteiger partial charge in [-0.15, -0.1) is 0 Å². The van der Waals surface area contributed by atoms with Crippen molar-refractivity contribution in [3.63, 3.8) is 0 Å². The lowest BCUT2D eigenvalue weighted by Gasteiger charge is -2.17. The highest BCUT2D eigenvalue weighted by atomic mass is 32.1. The van der Waals surface area contributed by atoms with Crippen LogP contribution in [0.1, 0.15) is 24.2 Å². The predicted octanol–water partition coefficient (Wildman–Crippen LogP) is 3.01. The zero-order valence-electron chi connectivity index (χ0n) is 11.9. The lowest BCUT2D eigenvalue weighted by atomic mass is 10.1. The maximum Gasteiger partial charge on any atom is 0.119 e. The molecule has 2 unspecified atom stereocenters. The Labute approximate surface area is 124 Å². The van der Waals surface area contributed by atoms with Gasteiger partial charge in [-0.2, -0.15) is 11.3 Å². The smallest absolute Gasteiger partial charge is 0.119 e. The van der Waals surface area contributed by atoms with Gasteiger partial charge in [0.15, 0.2) is 0 Å². The Bertz CT molecular complexity index is 513. The first-order valence-electron chi connectivity index (χ1n) is 6.75. The number of hydrogen-bond acceptors (Lipinski definition) is 4. The number of aliphatic hydroxyl groups excluding tert-OH is 1. The van der Waals surface area contributed by atoms with E-state index in [0.717, 1.165) is 17.7 Å². The Morgan fingerprint density at radius 1 is 1.35 bits per heavy atom. The topological polar surface area (TPSA) is 41.5 Å². The summed E-state index contributed by atoms with van der Waals surface area (Å²) in [4.78, 5) is 0. The van der Waals surface area contributed by atoms with Crippen LogP contribution in [0.15, 0.2) is 41.1 Å². The molecular weight excluding hydrogens is 270 g/mol. The fourth-order valence-electron chi connectivity index (χ4n) is 2.11. The van der Waals surface area contributed by atoms with E-state index < -0.39 is 6.10 Å². The average Bonchev–Trinajstić information content (AvgIpc) is 2.97. The molecule has 0 aliphatic heterocycles. The number of hydrogen-bond donors (Lipinski definition) is 2. The molecule has 2 atom stereocenters. The molecule has 0 saturated carbocycles. The second-order valence-electron chi connectivity index (χ2n) is 4.94. The van der Waals surface area contributed by atoms with Gasteiger partial charge in [0.2, 0.25) is 0 Å². The molecule has 4 heteroatoms. The highest BCUT2D eigenvalue weighted by molar-refractivity contribution is 7.07. The van der Waals surface area contributed by atoms with Gasteiger partial charge in [-0.05, 0) is 53.4 Å². The SMILES string of the molecule is COc1cccc(C(O)CNC(C)Cc2ccsc2)c1. The van der Waals surface area contributed by atoms with Crippen LogP contribution in [-0.2, 0) is 6.42 Å². The number of methoxy groups -OCH3 is 1. The molecule has 1 aromatic heterocycles. The van der Waals surface area contributed by atoms with E-state index >= 15 is 0 Å². The Kier molecular flexibility index (Phi) is 5.59.